The number of methoxy groups -OCH3 is 1. The number of rotatable bonds is 1. The highest BCUT2D eigenvalue weighted by Crippen LogP contribution is 2.18. The van der Waals surface area contributed by atoms with Gasteiger partial charge >= 0.3 is 5.97 Å². The van der Waals surface area contributed by atoms with E-state index in [0.29, 0.717) is 0 Å². The fraction of sp³-hybridized carbons (Fsp3) is 0.182. The van der Waals surface area contributed by atoms with Gasteiger partial charge in [0.05, 0.1) is 12.7 Å². The number of phenols is 1. The Labute approximate surface area is 90.7 Å². The number of esters is 1. The molecule has 0 heterocycles. The molecule has 0 aliphatic carbocycles. The number of phenolic OH excluding ortho intramolecular Hbond substituents is 1. The summed E-state index contributed by atoms with van der Waals surface area (Å²) < 4.78 is 30.5. The zero-order chi connectivity index (χ0) is 12.1. The maximum atomic E-state index is 13.1. The van der Waals surface area contributed by atoms with Gasteiger partial charge in [0.15, 0.2) is 0 Å². The van der Waals surface area contributed by atoms with Gasteiger partial charge in [0.25, 0.3) is 0 Å². The van der Waals surface area contributed by atoms with Crippen molar-refractivity contribution in [3.05, 3.63) is 29.3 Å². The van der Waals surface area contributed by atoms with Crippen LogP contribution < -0.4 is 0 Å². The van der Waals surface area contributed by atoms with Crippen molar-refractivity contribution >= 4 is 5.97 Å². The van der Waals surface area contributed by atoms with Gasteiger partial charge in [-0.15, -0.1) is 0 Å². The molecule has 0 atom stereocenters. The Morgan fingerprint density at radius 3 is 2.50 bits per heavy atom. The van der Waals surface area contributed by atoms with Crippen molar-refractivity contribution in [1.82, 2.24) is 0 Å². The molecule has 0 fully saturated rings. The molecule has 5 heteroatoms. The maximum Gasteiger partial charge on any atom is 0.317 e. The van der Waals surface area contributed by atoms with E-state index < -0.39 is 28.9 Å². The number of carbonyl (C=O) groups excluding carboxylic acids is 1. The average Bonchev–Trinajstić information content (AvgIpc) is 2.21. The SMILES string of the molecule is COC(=O)CC#Cc1c(F)cc(O)cc1F. The average molecular weight is 226 g/mol. The molecule has 1 N–H and O–H groups in total. The van der Waals surface area contributed by atoms with Crippen LogP contribution in [-0.4, -0.2) is 18.2 Å². The van der Waals surface area contributed by atoms with Gasteiger partial charge in [0.1, 0.15) is 23.8 Å². The third-order valence-electron chi connectivity index (χ3n) is 1.70. The smallest absolute Gasteiger partial charge is 0.317 e. The Balaban J connectivity index is 2.93. The topological polar surface area (TPSA) is 46.5 Å². The number of aromatic hydroxyl groups is 1. The van der Waals surface area contributed by atoms with Crippen LogP contribution in [0.5, 0.6) is 5.75 Å². The van der Waals surface area contributed by atoms with Crippen LogP contribution in [0.3, 0.4) is 0 Å². The minimum atomic E-state index is -0.977. The highest BCUT2D eigenvalue weighted by molar-refractivity contribution is 5.72. The fourth-order valence-corrected chi connectivity index (χ4v) is 0.956. The quantitative estimate of drug-likeness (QED) is 0.584. The molecule has 0 aliphatic heterocycles. The van der Waals surface area contributed by atoms with Gasteiger partial charge in [0, 0.05) is 12.1 Å². The molecule has 3 nitrogen and oxygen atoms in total. The van der Waals surface area contributed by atoms with E-state index in [1.807, 2.05) is 0 Å². The van der Waals surface area contributed by atoms with E-state index in [4.69, 9.17) is 5.11 Å². The summed E-state index contributed by atoms with van der Waals surface area (Å²) in [7, 11) is 1.19. The van der Waals surface area contributed by atoms with Crippen molar-refractivity contribution in [1.29, 1.82) is 0 Å². The first-order chi connectivity index (χ1) is 7.54. The molecule has 0 saturated heterocycles. The lowest BCUT2D eigenvalue weighted by atomic mass is 10.2. The molecular weight excluding hydrogens is 218 g/mol. The van der Waals surface area contributed by atoms with E-state index in [2.05, 4.69) is 16.6 Å². The molecule has 1 aromatic rings. The van der Waals surface area contributed by atoms with Crippen LogP contribution in [0.1, 0.15) is 12.0 Å². The molecule has 1 rings (SSSR count). The summed E-state index contributed by atoms with van der Waals surface area (Å²) in [5.74, 6) is 1.36. The molecule has 16 heavy (non-hydrogen) atoms. The van der Waals surface area contributed by atoms with Crippen molar-refractivity contribution < 1.29 is 23.4 Å². The minimum Gasteiger partial charge on any atom is -0.508 e. The predicted octanol–water partition coefficient (Wildman–Crippen LogP) is 1.58. The summed E-state index contributed by atoms with van der Waals surface area (Å²) in [6.07, 6.45) is -0.254. The standard InChI is InChI=1S/C11H8F2O3/c1-16-11(15)4-2-3-8-9(12)5-7(14)6-10(8)13/h5-6,14H,4H2,1H3. The molecule has 0 unspecified atom stereocenters. The molecule has 0 aliphatic rings. The van der Waals surface area contributed by atoms with Gasteiger partial charge in [-0.25, -0.2) is 8.78 Å². The summed E-state index contributed by atoms with van der Waals surface area (Å²) in [5, 5.41) is 8.87. The van der Waals surface area contributed by atoms with Gasteiger partial charge in [-0.2, -0.15) is 0 Å². The molecular formula is C11H8F2O3. The lowest BCUT2D eigenvalue weighted by Gasteiger charge is -1.98. The van der Waals surface area contributed by atoms with Crippen LogP contribution in [0.25, 0.3) is 0 Å². The maximum absolute atomic E-state index is 13.1. The summed E-state index contributed by atoms with van der Waals surface area (Å²) >= 11 is 0. The Morgan fingerprint density at radius 1 is 1.44 bits per heavy atom. The van der Waals surface area contributed by atoms with E-state index in [1.165, 1.54) is 7.11 Å². The van der Waals surface area contributed by atoms with Gasteiger partial charge in [-0.1, -0.05) is 11.8 Å². The number of halogens is 2. The van der Waals surface area contributed by atoms with E-state index >= 15 is 0 Å². The van der Waals surface area contributed by atoms with Gasteiger partial charge in [-0.05, 0) is 0 Å². The lowest BCUT2D eigenvalue weighted by molar-refractivity contribution is -0.139. The Kier molecular flexibility index (Phi) is 3.84. The van der Waals surface area contributed by atoms with E-state index in [1.54, 1.807) is 0 Å². The highest BCUT2D eigenvalue weighted by Gasteiger charge is 2.08. The molecule has 0 spiro atoms. The Morgan fingerprint density at radius 2 is 2.00 bits per heavy atom. The summed E-state index contributed by atoms with van der Waals surface area (Å²) in [6.45, 7) is 0. The van der Waals surface area contributed by atoms with Crippen molar-refractivity contribution in [2.45, 2.75) is 6.42 Å². The molecule has 1 aromatic carbocycles. The van der Waals surface area contributed by atoms with Crippen LogP contribution in [0.4, 0.5) is 8.78 Å². The van der Waals surface area contributed by atoms with Crippen molar-refractivity contribution in [2.24, 2.45) is 0 Å². The Hall–Kier alpha value is -2.09. The lowest BCUT2D eigenvalue weighted by Crippen LogP contribution is -1.97. The minimum absolute atomic E-state index is 0.254. The largest absolute Gasteiger partial charge is 0.508 e. The molecule has 84 valence electrons. The molecule has 0 saturated carbocycles. The molecule has 0 bridgehead atoms. The van der Waals surface area contributed by atoms with Crippen LogP contribution in [0.2, 0.25) is 0 Å². The van der Waals surface area contributed by atoms with Crippen molar-refractivity contribution in [2.75, 3.05) is 7.11 Å². The van der Waals surface area contributed by atoms with Crippen molar-refractivity contribution in [3.8, 4) is 17.6 Å². The Bertz CT molecular complexity index is 449. The van der Waals surface area contributed by atoms with Crippen LogP contribution in [-0.2, 0) is 9.53 Å². The highest BCUT2D eigenvalue weighted by atomic mass is 19.1. The second kappa shape index (κ2) is 5.12. The third kappa shape index (κ3) is 2.95. The number of carbonyl (C=O) groups is 1. The zero-order valence-electron chi connectivity index (χ0n) is 8.38. The normalized spacial score (nSPS) is 9.19. The first-order valence-electron chi connectivity index (χ1n) is 4.28. The predicted molar refractivity (Wildman–Crippen MR) is 51.5 cm³/mol. The number of hydrogen-bond donors (Lipinski definition) is 1. The number of hydrogen-bond acceptors (Lipinski definition) is 3. The van der Waals surface area contributed by atoms with Crippen molar-refractivity contribution in [3.63, 3.8) is 0 Å². The second-order valence-electron chi connectivity index (χ2n) is 2.84. The zero-order valence-corrected chi connectivity index (χ0v) is 8.38. The summed E-state index contributed by atoms with van der Waals surface area (Å²) in [6, 6.07) is 1.48. The number of ether oxygens (including phenoxy) is 1. The van der Waals surface area contributed by atoms with E-state index in [0.717, 1.165) is 12.1 Å². The van der Waals surface area contributed by atoms with E-state index in [9.17, 15) is 13.6 Å². The first-order valence-corrected chi connectivity index (χ1v) is 4.28. The molecule has 0 aromatic heterocycles. The monoisotopic (exact) mass is 226 g/mol. The van der Waals surface area contributed by atoms with Gasteiger partial charge in [-0.3, -0.25) is 4.79 Å². The van der Waals surface area contributed by atoms with Gasteiger partial charge in [0.2, 0.25) is 0 Å². The van der Waals surface area contributed by atoms with Crippen LogP contribution in [0.15, 0.2) is 12.1 Å². The summed E-state index contributed by atoms with van der Waals surface area (Å²) in [4.78, 5) is 10.7. The van der Waals surface area contributed by atoms with Crippen LogP contribution >= 0.6 is 0 Å². The number of benzene rings is 1. The second-order valence-corrected chi connectivity index (χ2v) is 2.84. The van der Waals surface area contributed by atoms with E-state index in [-0.39, 0.29) is 6.42 Å². The van der Waals surface area contributed by atoms with Gasteiger partial charge < -0.3 is 9.84 Å². The summed E-state index contributed by atoms with van der Waals surface area (Å²) in [5.41, 5.74) is -0.485. The third-order valence-corrected chi connectivity index (χ3v) is 1.70. The molecule has 0 amide bonds. The van der Waals surface area contributed by atoms with Crippen LogP contribution in [0, 0.1) is 23.5 Å². The fourth-order valence-electron chi connectivity index (χ4n) is 0.956. The first kappa shape index (κ1) is 12.0. The molecule has 0 radical (unpaired) electrons.